The van der Waals surface area contributed by atoms with Gasteiger partial charge >= 0.3 is 5.97 Å². The Morgan fingerprint density at radius 3 is 2.46 bits per heavy atom. The summed E-state index contributed by atoms with van der Waals surface area (Å²) in [6.07, 6.45) is 1.23. The minimum Gasteiger partial charge on any atom is -0.480 e. The summed E-state index contributed by atoms with van der Waals surface area (Å²) in [4.78, 5) is 50.1. The molecule has 2 heterocycles. The van der Waals surface area contributed by atoms with Gasteiger partial charge in [-0.1, -0.05) is 0 Å². The molecule has 5 atom stereocenters. The zero-order valence-electron chi connectivity index (χ0n) is 15.8. The molecule has 2 aliphatic rings. The Hall–Kier alpha value is -1.85. The number of nitrogens with one attached hydrogen (secondary N) is 3. The Bertz CT molecular complexity index is 610. The van der Waals surface area contributed by atoms with Crippen LogP contribution in [0, 0.1) is 0 Å². The average molecular weight is 417 g/mol. The SMILES string of the molecule is CC(O)C(NC(=O)C1CCCN1)C(=O)NC(CS)C(=O)N1CCCC1C(=O)O. The number of amides is 3. The molecule has 2 aliphatic heterocycles. The molecule has 2 fully saturated rings. The molecule has 0 aromatic carbocycles. The molecule has 158 valence electrons. The van der Waals surface area contributed by atoms with E-state index >= 15 is 0 Å². The van der Waals surface area contributed by atoms with Crippen LogP contribution in [0.4, 0.5) is 0 Å². The lowest BCUT2D eigenvalue weighted by Gasteiger charge is -2.28. The third kappa shape index (κ3) is 5.36. The lowest BCUT2D eigenvalue weighted by atomic mass is 10.1. The summed E-state index contributed by atoms with van der Waals surface area (Å²) < 4.78 is 0. The van der Waals surface area contributed by atoms with Gasteiger partial charge in [0.2, 0.25) is 17.7 Å². The van der Waals surface area contributed by atoms with Crippen LogP contribution < -0.4 is 16.0 Å². The number of rotatable bonds is 8. The molecular formula is C17H28N4O6S. The van der Waals surface area contributed by atoms with Crippen molar-refractivity contribution in [1.29, 1.82) is 0 Å². The third-order valence-electron chi connectivity index (χ3n) is 5.06. The van der Waals surface area contributed by atoms with Crippen LogP contribution in [0.5, 0.6) is 0 Å². The quantitative estimate of drug-likeness (QED) is 0.253. The van der Waals surface area contributed by atoms with Gasteiger partial charge in [0.05, 0.1) is 12.1 Å². The molecule has 0 aromatic rings. The van der Waals surface area contributed by atoms with Crippen molar-refractivity contribution < 1.29 is 29.4 Å². The number of hydrogen-bond acceptors (Lipinski definition) is 7. The molecule has 0 bridgehead atoms. The fraction of sp³-hybridized carbons (Fsp3) is 0.765. The van der Waals surface area contributed by atoms with E-state index in [4.69, 9.17) is 0 Å². The van der Waals surface area contributed by atoms with Crippen LogP contribution in [-0.4, -0.2) is 87.9 Å². The molecule has 5 unspecified atom stereocenters. The van der Waals surface area contributed by atoms with E-state index in [1.807, 2.05) is 0 Å². The Kier molecular flexibility index (Phi) is 8.08. The first-order valence-corrected chi connectivity index (χ1v) is 10.1. The number of carbonyl (C=O) groups is 4. The van der Waals surface area contributed by atoms with Gasteiger partial charge in [-0.15, -0.1) is 0 Å². The van der Waals surface area contributed by atoms with E-state index in [9.17, 15) is 29.4 Å². The molecule has 2 rings (SSSR count). The molecule has 0 aromatic heterocycles. The number of carboxylic acids is 1. The van der Waals surface area contributed by atoms with E-state index < -0.39 is 54.0 Å². The number of aliphatic hydroxyl groups excluding tert-OH is 1. The number of thiol groups is 1. The van der Waals surface area contributed by atoms with Crippen molar-refractivity contribution in [3.8, 4) is 0 Å². The third-order valence-corrected chi connectivity index (χ3v) is 5.42. The van der Waals surface area contributed by atoms with E-state index in [0.29, 0.717) is 32.4 Å². The van der Waals surface area contributed by atoms with Gasteiger partial charge in [0, 0.05) is 12.3 Å². The standard InChI is InChI=1S/C17H28N4O6S/c1-9(22)13(20-14(23)10-4-2-6-18-10)15(24)19-11(8-28)16(25)21-7-3-5-12(21)17(26)27/h9-13,18,22,28H,2-8H2,1H3,(H,19,24)(H,20,23)(H,26,27). The molecule has 0 aliphatic carbocycles. The number of aliphatic hydroxyl groups is 1. The zero-order chi connectivity index (χ0) is 20.8. The molecule has 3 amide bonds. The number of carboxylic acid groups (broad SMARTS) is 1. The average Bonchev–Trinajstić information content (AvgIpc) is 3.34. The van der Waals surface area contributed by atoms with Gasteiger partial charge in [0.25, 0.3) is 0 Å². The van der Waals surface area contributed by atoms with Crippen molar-refractivity contribution in [2.75, 3.05) is 18.8 Å². The second kappa shape index (κ2) is 10.1. The van der Waals surface area contributed by atoms with E-state index in [1.165, 1.54) is 11.8 Å². The molecule has 0 spiro atoms. The highest BCUT2D eigenvalue weighted by molar-refractivity contribution is 7.80. The van der Waals surface area contributed by atoms with Crippen molar-refractivity contribution in [1.82, 2.24) is 20.9 Å². The highest BCUT2D eigenvalue weighted by Crippen LogP contribution is 2.19. The van der Waals surface area contributed by atoms with Gasteiger partial charge in [-0.3, -0.25) is 14.4 Å². The number of aliphatic carboxylic acids is 1. The largest absolute Gasteiger partial charge is 0.480 e. The van der Waals surface area contributed by atoms with E-state index in [-0.39, 0.29) is 5.75 Å². The lowest BCUT2D eigenvalue weighted by Crippen LogP contribution is -2.60. The van der Waals surface area contributed by atoms with Crippen molar-refractivity contribution in [2.24, 2.45) is 0 Å². The normalized spacial score (nSPS) is 25.0. The maximum atomic E-state index is 12.7. The van der Waals surface area contributed by atoms with Gasteiger partial charge in [0.15, 0.2) is 0 Å². The van der Waals surface area contributed by atoms with Crippen LogP contribution in [0.1, 0.15) is 32.6 Å². The molecule has 11 heteroatoms. The summed E-state index contributed by atoms with van der Waals surface area (Å²) in [6.45, 7) is 2.37. The Morgan fingerprint density at radius 2 is 1.93 bits per heavy atom. The molecule has 2 saturated heterocycles. The maximum absolute atomic E-state index is 12.7. The highest BCUT2D eigenvalue weighted by atomic mass is 32.1. The number of carbonyl (C=O) groups excluding carboxylic acids is 3. The van der Waals surface area contributed by atoms with Gasteiger partial charge in [-0.25, -0.2) is 4.79 Å². The second-order valence-electron chi connectivity index (χ2n) is 7.15. The summed E-state index contributed by atoms with van der Waals surface area (Å²) in [7, 11) is 0. The Balaban J connectivity index is 2.02. The fourth-order valence-electron chi connectivity index (χ4n) is 3.50. The molecule has 28 heavy (non-hydrogen) atoms. The highest BCUT2D eigenvalue weighted by Gasteiger charge is 2.38. The molecule has 5 N–H and O–H groups in total. The van der Waals surface area contributed by atoms with Crippen molar-refractivity contribution in [2.45, 2.75) is 62.9 Å². The van der Waals surface area contributed by atoms with Crippen molar-refractivity contribution in [3.63, 3.8) is 0 Å². The van der Waals surface area contributed by atoms with Crippen molar-refractivity contribution >= 4 is 36.3 Å². The topological polar surface area (TPSA) is 148 Å². The number of likely N-dealkylation sites (tertiary alicyclic amines) is 1. The zero-order valence-corrected chi connectivity index (χ0v) is 16.7. The maximum Gasteiger partial charge on any atom is 0.326 e. The lowest BCUT2D eigenvalue weighted by molar-refractivity contribution is -0.149. The minimum absolute atomic E-state index is 0.0436. The summed E-state index contributed by atoms with van der Waals surface area (Å²) >= 11 is 4.10. The van der Waals surface area contributed by atoms with Gasteiger partial charge in [-0.05, 0) is 39.2 Å². The number of nitrogens with zero attached hydrogens (tertiary/aromatic N) is 1. The second-order valence-corrected chi connectivity index (χ2v) is 7.51. The summed E-state index contributed by atoms with van der Waals surface area (Å²) in [5.74, 6) is -2.79. The fourth-order valence-corrected chi connectivity index (χ4v) is 3.75. The first kappa shape index (κ1) is 22.4. The van der Waals surface area contributed by atoms with Crippen LogP contribution >= 0.6 is 12.6 Å². The van der Waals surface area contributed by atoms with Gasteiger partial charge < -0.3 is 31.1 Å². The summed E-state index contributed by atoms with van der Waals surface area (Å²) in [6, 6.07) is -3.64. The predicted octanol–water partition coefficient (Wildman–Crippen LogP) is -1.91. The van der Waals surface area contributed by atoms with E-state index in [0.717, 1.165) is 6.42 Å². The summed E-state index contributed by atoms with van der Waals surface area (Å²) in [5.41, 5.74) is 0. The van der Waals surface area contributed by atoms with Crippen LogP contribution in [-0.2, 0) is 19.2 Å². The van der Waals surface area contributed by atoms with Crippen LogP contribution in [0.15, 0.2) is 0 Å². The minimum atomic E-state index is -1.24. The first-order chi connectivity index (χ1) is 13.3. The van der Waals surface area contributed by atoms with Gasteiger partial charge in [0.1, 0.15) is 18.1 Å². The van der Waals surface area contributed by atoms with Crippen LogP contribution in [0.25, 0.3) is 0 Å². The molecule has 0 saturated carbocycles. The summed E-state index contributed by atoms with van der Waals surface area (Å²) in [5, 5.41) is 27.2. The van der Waals surface area contributed by atoms with E-state index in [2.05, 4.69) is 28.6 Å². The first-order valence-electron chi connectivity index (χ1n) is 9.42. The Labute approximate surface area is 168 Å². The van der Waals surface area contributed by atoms with E-state index in [1.54, 1.807) is 0 Å². The smallest absolute Gasteiger partial charge is 0.326 e. The predicted molar refractivity (Wildman–Crippen MR) is 103 cm³/mol. The van der Waals surface area contributed by atoms with Crippen LogP contribution in [0.2, 0.25) is 0 Å². The Morgan fingerprint density at radius 1 is 1.21 bits per heavy atom. The molecular weight excluding hydrogens is 388 g/mol. The molecule has 0 radical (unpaired) electrons. The monoisotopic (exact) mass is 416 g/mol. The van der Waals surface area contributed by atoms with Crippen molar-refractivity contribution in [3.05, 3.63) is 0 Å². The number of hydrogen-bond donors (Lipinski definition) is 6. The molecule has 10 nitrogen and oxygen atoms in total. The van der Waals surface area contributed by atoms with Gasteiger partial charge in [-0.2, -0.15) is 12.6 Å². The van der Waals surface area contributed by atoms with Crippen LogP contribution in [0.3, 0.4) is 0 Å².